The number of pyridine rings is 1. The number of hydrogen-bond donors (Lipinski definition) is 1. The Morgan fingerprint density at radius 1 is 1.20 bits per heavy atom. The molecule has 2 N–H and O–H groups in total. The highest BCUT2D eigenvalue weighted by Crippen LogP contribution is 2.71. The largest absolute Gasteiger partial charge is 0.483 e. The van der Waals surface area contributed by atoms with Crippen molar-refractivity contribution < 1.29 is 4.74 Å². The summed E-state index contributed by atoms with van der Waals surface area (Å²) in [5.74, 6) is 1.12. The van der Waals surface area contributed by atoms with Crippen LogP contribution in [0.1, 0.15) is 47.4 Å². The number of benzene rings is 2. The third-order valence-corrected chi connectivity index (χ3v) is 8.99. The molecule has 0 unspecified atom stereocenters. The van der Waals surface area contributed by atoms with Crippen LogP contribution >= 0.6 is 0 Å². The summed E-state index contributed by atoms with van der Waals surface area (Å²) in [7, 11) is 2.30. The van der Waals surface area contributed by atoms with Gasteiger partial charge in [-0.3, -0.25) is 0 Å². The Morgan fingerprint density at radius 2 is 2.03 bits per heavy atom. The number of likely N-dealkylation sites (tertiary alicyclic amines) is 1. The molecule has 1 saturated heterocycles. The van der Waals surface area contributed by atoms with Gasteiger partial charge in [0.05, 0.1) is 16.6 Å². The van der Waals surface area contributed by atoms with Crippen molar-refractivity contribution in [1.82, 2.24) is 9.88 Å². The molecule has 2 aliphatic heterocycles. The van der Waals surface area contributed by atoms with E-state index in [0.29, 0.717) is 6.04 Å². The molecular weight excluding hydrogens is 370 g/mol. The van der Waals surface area contributed by atoms with E-state index < -0.39 is 0 Å². The monoisotopic (exact) mass is 397 g/mol. The van der Waals surface area contributed by atoms with Crippen LogP contribution in [0, 0.1) is 12.3 Å². The summed E-state index contributed by atoms with van der Waals surface area (Å²) in [6.07, 6.45) is 3.11. The maximum Gasteiger partial charge on any atom is 0.151 e. The van der Waals surface area contributed by atoms with Crippen molar-refractivity contribution >= 4 is 16.6 Å². The summed E-state index contributed by atoms with van der Waals surface area (Å²) in [5.41, 5.74) is 15.2. The van der Waals surface area contributed by atoms with E-state index in [2.05, 4.69) is 56.1 Å². The lowest BCUT2D eigenvalue weighted by Gasteiger charge is -2.64. The topological polar surface area (TPSA) is 51.4 Å². The molecule has 0 amide bonds. The molecule has 3 heterocycles. The fraction of sp³-hybridized carbons (Fsp3) is 0.423. The Bertz CT molecular complexity index is 1270. The average molecular weight is 398 g/mol. The van der Waals surface area contributed by atoms with Gasteiger partial charge in [-0.1, -0.05) is 37.3 Å². The zero-order valence-corrected chi connectivity index (χ0v) is 17.8. The minimum atomic E-state index is -0.0514. The molecule has 2 aromatic carbocycles. The summed E-state index contributed by atoms with van der Waals surface area (Å²) >= 11 is 0. The van der Waals surface area contributed by atoms with Crippen LogP contribution in [0.2, 0.25) is 0 Å². The van der Waals surface area contributed by atoms with Gasteiger partial charge in [0.1, 0.15) is 5.75 Å². The molecular formula is C26H27N3O. The summed E-state index contributed by atoms with van der Waals surface area (Å²) in [4.78, 5) is 7.78. The summed E-state index contributed by atoms with van der Waals surface area (Å²) < 4.78 is 6.90. The molecule has 4 atom stereocenters. The van der Waals surface area contributed by atoms with Gasteiger partial charge in [-0.15, -0.1) is 0 Å². The van der Waals surface area contributed by atoms with E-state index in [1.54, 1.807) is 0 Å². The number of likely N-dealkylation sites (N-methyl/N-ethyl adjacent to an activating group) is 1. The van der Waals surface area contributed by atoms with Crippen molar-refractivity contribution in [2.24, 2.45) is 5.41 Å². The Balaban J connectivity index is 1.61. The zero-order valence-electron chi connectivity index (χ0n) is 17.8. The van der Waals surface area contributed by atoms with Gasteiger partial charge in [0, 0.05) is 33.7 Å². The first kappa shape index (κ1) is 17.1. The predicted octanol–water partition coefficient (Wildman–Crippen LogP) is 4.32. The molecule has 1 aromatic heterocycles. The van der Waals surface area contributed by atoms with Gasteiger partial charge in [0.2, 0.25) is 0 Å². The van der Waals surface area contributed by atoms with E-state index in [0.717, 1.165) is 53.8 Å². The van der Waals surface area contributed by atoms with Crippen LogP contribution in [0.3, 0.4) is 0 Å². The average Bonchev–Trinajstić information content (AvgIpc) is 3.09. The van der Waals surface area contributed by atoms with Crippen LogP contribution in [0.5, 0.6) is 5.75 Å². The Morgan fingerprint density at radius 3 is 2.90 bits per heavy atom. The number of fused-ring (bicyclic) bond motifs is 3. The van der Waals surface area contributed by atoms with Crippen LogP contribution in [-0.4, -0.2) is 29.5 Å². The smallest absolute Gasteiger partial charge is 0.151 e. The van der Waals surface area contributed by atoms with E-state index in [9.17, 15) is 0 Å². The fourth-order valence-corrected chi connectivity index (χ4v) is 7.53. The van der Waals surface area contributed by atoms with Gasteiger partial charge >= 0.3 is 0 Å². The van der Waals surface area contributed by atoms with Crippen LogP contribution in [-0.2, 0) is 18.3 Å². The second-order valence-corrected chi connectivity index (χ2v) is 10.2. The van der Waals surface area contributed by atoms with Crippen molar-refractivity contribution in [3.8, 4) is 5.75 Å². The van der Waals surface area contributed by atoms with Crippen molar-refractivity contribution in [2.75, 3.05) is 19.3 Å². The number of nitrogen functional groups attached to an aromatic ring is 1. The van der Waals surface area contributed by atoms with Gasteiger partial charge in [-0.2, -0.15) is 0 Å². The molecule has 4 aliphatic rings. The van der Waals surface area contributed by atoms with Crippen LogP contribution in [0.15, 0.2) is 36.4 Å². The third kappa shape index (κ3) is 1.66. The van der Waals surface area contributed by atoms with Gasteiger partial charge in [0.15, 0.2) is 6.10 Å². The van der Waals surface area contributed by atoms with E-state index >= 15 is 0 Å². The van der Waals surface area contributed by atoms with E-state index in [-0.39, 0.29) is 16.9 Å². The Hall–Kier alpha value is -2.59. The first-order valence-electron chi connectivity index (χ1n) is 11.1. The molecule has 7 rings (SSSR count). The number of ether oxygens (including phenoxy) is 1. The van der Waals surface area contributed by atoms with Crippen molar-refractivity contribution in [3.63, 3.8) is 0 Å². The van der Waals surface area contributed by atoms with Gasteiger partial charge in [0.25, 0.3) is 0 Å². The molecule has 4 heteroatoms. The number of para-hydroxylation sites is 1. The molecule has 4 nitrogen and oxygen atoms in total. The maximum atomic E-state index is 6.90. The van der Waals surface area contributed by atoms with E-state index in [1.165, 1.54) is 22.3 Å². The number of hydrogen-bond acceptors (Lipinski definition) is 4. The lowest BCUT2D eigenvalue weighted by Crippen LogP contribution is -2.68. The molecule has 2 aliphatic carbocycles. The lowest BCUT2D eigenvalue weighted by atomic mass is 9.44. The molecule has 1 spiro atoms. The van der Waals surface area contributed by atoms with E-state index in [4.69, 9.17) is 15.5 Å². The van der Waals surface area contributed by atoms with Crippen LogP contribution in [0.4, 0.5) is 5.69 Å². The van der Waals surface area contributed by atoms with E-state index in [1.807, 2.05) is 6.07 Å². The molecule has 3 aromatic rings. The molecule has 1 fully saturated rings. The highest BCUT2D eigenvalue weighted by Gasteiger charge is 2.70. The predicted molar refractivity (Wildman–Crippen MR) is 119 cm³/mol. The standard InChI is InChI=1S/C26H27N3O/c1-14-8-9-15-12-19-25(2)13-17-21(27)16-6-4-5-7-18(16)28-22(17)24-26(25,10-11-29(19)3)20(15)23(14)30-24/h4-9,19,24H,10-13H2,1-3H3,(H2,27,28)/t19-,24+,25+,26+/m1/s1. The normalized spacial score (nSPS) is 33.2. The summed E-state index contributed by atoms with van der Waals surface area (Å²) in [5, 5.41) is 1.07. The molecule has 30 heavy (non-hydrogen) atoms. The quantitative estimate of drug-likeness (QED) is 0.614. The number of anilines is 1. The lowest BCUT2D eigenvalue weighted by molar-refractivity contribution is -0.0907. The van der Waals surface area contributed by atoms with Crippen molar-refractivity contribution in [1.29, 1.82) is 0 Å². The number of rotatable bonds is 0. The second kappa shape index (κ2) is 5.17. The third-order valence-electron chi connectivity index (χ3n) is 8.99. The number of nitrogens with zero attached hydrogens (tertiary/aromatic N) is 2. The number of piperidine rings is 1. The van der Waals surface area contributed by atoms with Crippen LogP contribution in [0.25, 0.3) is 10.9 Å². The summed E-state index contributed by atoms with van der Waals surface area (Å²) in [6.45, 7) is 5.79. The fourth-order valence-electron chi connectivity index (χ4n) is 7.53. The molecule has 2 bridgehead atoms. The number of nitrogens with two attached hydrogens (primary N) is 1. The summed E-state index contributed by atoms with van der Waals surface area (Å²) in [6, 6.07) is 13.4. The van der Waals surface area contributed by atoms with Gasteiger partial charge < -0.3 is 15.4 Å². The Kier molecular flexibility index (Phi) is 2.95. The van der Waals surface area contributed by atoms with Gasteiger partial charge in [-0.25, -0.2) is 4.98 Å². The zero-order chi connectivity index (χ0) is 20.4. The highest BCUT2D eigenvalue weighted by molar-refractivity contribution is 5.92. The minimum absolute atomic E-state index is 0.0198. The SMILES string of the molecule is Cc1ccc2c3c1O[C@H]1c4nc5ccccc5c(N)c4C[C@@]4(C)[C@@H](C2)N(C)CC[C@]314. The van der Waals surface area contributed by atoms with Gasteiger partial charge in [-0.05, 0) is 57.0 Å². The molecule has 0 saturated carbocycles. The highest BCUT2D eigenvalue weighted by atomic mass is 16.5. The van der Waals surface area contributed by atoms with Crippen molar-refractivity contribution in [3.05, 3.63) is 64.3 Å². The second-order valence-electron chi connectivity index (χ2n) is 10.2. The Labute approximate surface area is 177 Å². The number of aromatic nitrogens is 1. The molecule has 0 radical (unpaired) electrons. The maximum absolute atomic E-state index is 6.90. The van der Waals surface area contributed by atoms with Crippen molar-refractivity contribution in [2.45, 2.75) is 50.7 Å². The minimum Gasteiger partial charge on any atom is -0.483 e. The molecule has 152 valence electrons. The van der Waals surface area contributed by atoms with Crippen LogP contribution < -0.4 is 10.5 Å². The number of aryl methyl sites for hydroxylation is 1. The first-order chi connectivity index (χ1) is 14.5. The first-order valence-corrected chi connectivity index (χ1v) is 11.1.